The van der Waals surface area contributed by atoms with Crippen molar-refractivity contribution in [2.75, 3.05) is 13.7 Å². The van der Waals surface area contributed by atoms with Gasteiger partial charge in [0.05, 0.1) is 7.11 Å². The molecule has 1 N–H and O–H groups in total. The summed E-state index contributed by atoms with van der Waals surface area (Å²) in [6.45, 7) is 2.34. The highest BCUT2D eigenvalue weighted by Crippen LogP contribution is 2.48. The molecule has 0 bridgehead atoms. The van der Waals surface area contributed by atoms with E-state index < -0.39 is 0 Å². The molecular formula is C32H30ClNO4. The summed E-state index contributed by atoms with van der Waals surface area (Å²) < 4.78 is 17.9. The number of aromatic hydroxyl groups is 1. The molecule has 0 aliphatic carbocycles. The number of hydrogen-bond donors (Lipinski definition) is 1. The Balaban J connectivity index is 1.27. The van der Waals surface area contributed by atoms with E-state index in [0.29, 0.717) is 37.0 Å². The van der Waals surface area contributed by atoms with Crippen LogP contribution in [-0.4, -0.2) is 23.7 Å². The first-order chi connectivity index (χ1) is 18.6. The smallest absolute Gasteiger partial charge is 0.163 e. The Morgan fingerprint density at radius 1 is 0.842 bits per heavy atom. The van der Waals surface area contributed by atoms with Crippen molar-refractivity contribution in [2.24, 2.45) is 0 Å². The molecule has 4 aromatic carbocycles. The Bertz CT molecular complexity index is 1440. The zero-order valence-corrected chi connectivity index (χ0v) is 22.1. The topological polar surface area (TPSA) is 51.2 Å². The maximum Gasteiger partial charge on any atom is 0.163 e. The fraction of sp³-hybridized carbons (Fsp3) is 0.250. The maximum absolute atomic E-state index is 11.2. The van der Waals surface area contributed by atoms with Crippen LogP contribution in [0.15, 0.2) is 78.9 Å². The summed E-state index contributed by atoms with van der Waals surface area (Å²) >= 11 is 6.80. The van der Waals surface area contributed by atoms with Crippen molar-refractivity contribution in [2.45, 2.75) is 38.6 Å². The normalized spacial score (nSPS) is 16.2. The van der Waals surface area contributed by atoms with Crippen LogP contribution in [-0.2, 0) is 32.6 Å². The first-order valence-corrected chi connectivity index (χ1v) is 13.3. The standard InChI is InChI=1S/C32H30ClNO4/c1-36-29-14-23-12-13-34-18-26-25(27(33)17-31(32(26)35)38-20-22-10-6-3-7-11-22)15-28(34)24(23)16-30(29)37-19-21-8-4-2-5-9-21/h2-11,14,16-17,28,35H,12-13,15,18-20H2,1H3. The van der Waals surface area contributed by atoms with E-state index in [1.165, 1.54) is 11.1 Å². The molecule has 2 aliphatic rings. The molecule has 0 amide bonds. The lowest BCUT2D eigenvalue weighted by Crippen LogP contribution is -2.39. The number of phenolic OH excluding ortho intramolecular Hbond substituents is 1. The molecule has 6 rings (SSSR count). The van der Waals surface area contributed by atoms with E-state index in [9.17, 15) is 5.11 Å². The Kier molecular flexibility index (Phi) is 6.88. The Morgan fingerprint density at radius 2 is 1.50 bits per heavy atom. The minimum atomic E-state index is 0.143. The van der Waals surface area contributed by atoms with Crippen LogP contribution < -0.4 is 14.2 Å². The zero-order chi connectivity index (χ0) is 26.1. The van der Waals surface area contributed by atoms with Gasteiger partial charge in [-0.05, 0) is 52.8 Å². The highest BCUT2D eigenvalue weighted by atomic mass is 35.5. The summed E-state index contributed by atoms with van der Waals surface area (Å²) in [5.41, 5.74) is 6.47. The minimum Gasteiger partial charge on any atom is -0.504 e. The fourth-order valence-corrected chi connectivity index (χ4v) is 5.83. The van der Waals surface area contributed by atoms with Crippen LogP contribution in [0.1, 0.15) is 39.4 Å². The number of halogens is 1. The number of phenols is 1. The molecule has 0 fully saturated rings. The Morgan fingerprint density at radius 3 is 2.16 bits per heavy atom. The van der Waals surface area contributed by atoms with Gasteiger partial charge in [-0.1, -0.05) is 72.3 Å². The molecule has 6 heteroatoms. The van der Waals surface area contributed by atoms with E-state index >= 15 is 0 Å². The molecule has 4 aromatic rings. The summed E-state index contributed by atoms with van der Waals surface area (Å²) in [6, 6.07) is 26.2. The largest absolute Gasteiger partial charge is 0.504 e. The minimum absolute atomic E-state index is 0.143. The molecule has 5 nitrogen and oxygen atoms in total. The Hall–Kier alpha value is -3.67. The summed E-state index contributed by atoms with van der Waals surface area (Å²) in [4.78, 5) is 2.41. The Labute approximate surface area is 228 Å². The lowest BCUT2D eigenvalue weighted by atomic mass is 9.83. The van der Waals surface area contributed by atoms with E-state index in [0.717, 1.165) is 46.7 Å². The average molecular weight is 528 g/mol. The van der Waals surface area contributed by atoms with Gasteiger partial charge in [-0.25, -0.2) is 0 Å². The summed E-state index contributed by atoms with van der Waals surface area (Å²) in [5, 5.41) is 11.8. The van der Waals surface area contributed by atoms with Gasteiger partial charge in [0.25, 0.3) is 0 Å². The molecule has 1 unspecified atom stereocenters. The van der Waals surface area contributed by atoms with E-state index in [-0.39, 0.29) is 11.8 Å². The van der Waals surface area contributed by atoms with Crippen LogP contribution >= 0.6 is 11.6 Å². The van der Waals surface area contributed by atoms with Crippen molar-refractivity contribution in [3.63, 3.8) is 0 Å². The van der Waals surface area contributed by atoms with Gasteiger partial charge in [0.1, 0.15) is 13.2 Å². The monoisotopic (exact) mass is 527 g/mol. The molecule has 0 aromatic heterocycles. The lowest BCUT2D eigenvalue weighted by Gasteiger charge is -2.42. The molecule has 0 spiro atoms. The fourth-order valence-electron chi connectivity index (χ4n) is 5.54. The van der Waals surface area contributed by atoms with Gasteiger partial charge in [-0.3, -0.25) is 4.90 Å². The molecule has 38 heavy (non-hydrogen) atoms. The van der Waals surface area contributed by atoms with Crippen molar-refractivity contribution in [1.82, 2.24) is 4.90 Å². The highest BCUT2D eigenvalue weighted by molar-refractivity contribution is 6.31. The summed E-state index contributed by atoms with van der Waals surface area (Å²) in [7, 11) is 1.68. The van der Waals surface area contributed by atoms with Gasteiger partial charge in [0, 0.05) is 35.8 Å². The SMILES string of the molecule is COc1cc2c(cc1OCc1ccccc1)C1Cc3c(Cl)cc(OCc4ccccc4)c(O)c3CN1CC2. The molecule has 2 heterocycles. The summed E-state index contributed by atoms with van der Waals surface area (Å²) in [6.07, 6.45) is 1.60. The first kappa shape index (κ1) is 24.7. The summed E-state index contributed by atoms with van der Waals surface area (Å²) in [5.74, 6) is 2.10. The number of fused-ring (bicyclic) bond motifs is 4. The predicted octanol–water partition coefficient (Wildman–Crippen LogP) is 6.87. The van der Waals surface area contributed by atoms with Crippen LogP contribution in [0.4, 0.5) is 0 Å². The zero-order valence-electron chi connectivity index (χ0n) is 21.3. The number of rotatable bonds is 7. The molecule has 2 aliphatic heterocycles. The second kappa shape index (κ2) is 10.6. The van der Waals surface area contributed by atoms with Gasteiger partial charge in [0.15, 0.2) is 23.0 Å². The third-order valence-corrected chi connectivity index (χ3v) is 7.89. The maximum atomic E-state index is 11.2. The highest BCUT2D eigenvalue weighted by Gasteiger charge is 2.36. The van der Waals surface area contributed by atoms with Gasteiger partial charge < -0.3 is 19.3 Å². The van der Waals surface area contributed by atoms with Crippen molar-refractivity contribution < 1.29 is 19.3 Å². The van der Waals surface area contributed by atoms with Crippen LogP contribution in [0.5, 0.6) is 23.0 Å². The molecule has 0 saturated heterocycles. The van der Waals surface area contributed by atoms with Crippen LogP contribution in [0.25, 0.3) is 0 Å². The van der Waals surface area contributed by atoms with Crippen molar-refractivity contribution >= 4 is 11.6 Å². The number of benzene rings is 4. The lowest BCUT2D eigenvalue weighted by molar-refractivity contribution is 0.156. The first-order valence-electron chi connectivity index (χ1n) is 12.9. The van der Waals surface area contributed by atoms with E-state index in [4.69, 9.17) is 25.8 Å². The third-order valence-electron chi connectivity index (χ3n) is 7.56. The number of nitrogens with zero attached hydrogens (tertiary/aromatic N) is 1. The average Bonchev–Trinajstić information content (AvgIpc) is 2.97. The number of methoxy groups -OCH3 is 1. The second-order valence-corrected chi connectivity index (χ2v) is 10.3. The van der Waals surface area contributed by atoms with Gasteiger partial charge in [-0.15, -0.1) is 0 Å². The predicted molar refractivity (Wildman–Crippen MR) is 148 cm³/mol. The van der Waals surface area contributed by atoms with Crippen LogP contribution in [0.2, 0.25) is 5.02 Å². The van der Waals surface area contributed by atoms with Gasteiger partial charge in [-0.2, -0.15) is 0 Å². The van der Waals surface area contributed by atoms with Crippen molar-refractivity contribution in [3.8, 4) is 23.0 Å². The van der Waals surface area contributed by atoms with Crippen molar-refractivity contribution in [1.29, 1.82) is 0 Å². The molecule has 1 atom stereocenters. The van der Waals surface area contributed by atoms with Crippen LogP contribution in [0, 0.1) is 0 Å². The number of ether oxygens (including phenoxy) is 3. The van der Waals surface area contributed by atoms with Crippen molar-refractivity contribution in [3.05, 3.63) is 117 Å². The second-order valence-electron chi connectivity index (χ2n) is 9.85. The van der Waals surface area contributed by atoms with Crippen LogP contribution in [0.3, 0.4) is 0 Å². The molecule has 194 valence electrons. The van der Waals surface area contributed by atoms with E-state index in [2.05, 4.69) is 29.2 Å². The van der Waals surface area contributed by atoms with Gasteiger partial charge in [0.2, 0.25) is 0 Å². The molecule has 0 radical (unpaired) electrons. The quantitative estimate of drug-likeness (QED) is 0.284. The third kappa shape index (κ3) is 4.80. The van der Waals surface area contributed by atoms with E-state index in [1.54, 1.807) is 13.2 Å². The number of hydrogen-bond acceptors (Lipinski definition) is 5. The molecular weight excluding hydrogens is 498 g/mol. The van der Waals surface area contributed by atoms with E-state index in [1.807, 2.05) is 48.5 Å². The molecule has 0 saturated carbocycles. The van der Waals surface area contributed by atoms with Gasteiger partial charge >= 0.3 is 0 Å².